The molecule has 0 aliphatic carbocycles. The predicted molar refractivity (Wildman–Crippen MR) is 354 cm³/mol. The standard InChI is InChI=1S/C78H45N7O/c1-3-21-47(22-4-1)71-55-29-11-16-34-61(55)79-77(81-71)84-64-37-19-14-32-58(64)68-67-57-31-13-18-36-63(57)83(73(67)51-25-7-8-26-52(51)74(68)84)50-42-39-46(40-43-50)49-41-44-65-60(45-49)69-70-59-33-15-20-38-66(59)86-76(70)54-28-10-9-27-53(54)75(69)85(65)78-80-62-35-17-12-30-56(62)72(82-78)48-23-5-2-6-24-48/h1-45H. The first-order chi connectivity index (χ1) is 42.7. The van der Waals surface area contributed by atoms with E-state index in [9.17, 15) is 0 Å². The average Bonchev–Trinajstić information content (AvgIpc) is 2.03. The summed E-state index contributed by atoms with van der Waals surface area (Å²) in [6, 6.07) is 97.1. The van der Waals surface area contributed by atoms with Gasteiger partial charge in [-0.05, 0) is 65.7 Å². The molecule has 0 fully saturated rings. The van der Waals surface area contributed by atoms with Crippen LogP contribution in [0, 0.1) is 0 Å². The highest BCUT2D eigenvalue weighted by atomic mass is 16.3. The molecule has 8 heteroatoms. The number of nitrogens with zero attached hydrogens (tertiary/aromatic N) is 7. The van der Waals surface area contributed by atoms with Crippen molar-refractivity contribution >= 4 is 131 Å². The first-order valence-corrected chi connectivity index (χ1v) is 29.1. The summed E-state index contributed by atoms with van der Waals surface area (Å²) in [4.78, 5) is 21.8. The molecule has 13 aromatic carbocycles. The van der Waals surface area contributed by atoms with Crippen molar-refractivity contribution < 1.29 is 4.42 Å². The molecule has 8 nitrogen and oxygen atoms in total. The van der Waals surface area contributed by atoms with E-state index in [0.717, 1.165) is 154 Å². The van der Waals surface area contributed by atoms with Gasteiger partial charge in [-0.3, -0.25) is 9.13 Å². The number of hydrogen-bond acceptors (Lipinski definition) is 5. The summed E-state index contributed by atoms with van der Waals surface area (Å²) in [6.07, 6.45) is 0. The van der Waals surface area contributed by atoms with E-state index in [1.54, 1.807) is 0 Å². The number of para-hydroxylation sites is 5. The highest BCUT2D eigenvalue weighted by Crippen LogP contribution is 2.49. The van der Waals surface area contributed by atoms with Crippen LogP contribution in [0.2, 0.25) is 0 Å². The number of aromatic nitrogens is 7. The molecule has 19 rings (SSSR count). The maximum atomic E-state index is 6.87. The topological polar surface area (TPSA) is 79.5 Å². The summed E-state index contributed by atoms with van der Waals surface area (Å²) in [7, 11) is 0. The van der Waals surface area contributed by atoms with Gasteiger partial charge in [0.1, 0.15) is 11.2 Å². The summed E-state index contributed by atoms with van der Waals surface area (Å²) in [5, 5.41) is 15.4. The Morgan fingerprint density at radius 2 is 0.663 bits per heavy atom. The fourth-order valence-corrected chi connectivity index (χ4v) is 14.2. The van der Waals surface area contributed by atoms with Gasteiger partial charge in [-0.25, -0.2) is 19.9 Å². The van der Waals surface area contributed by atoms with Gasteiger partial charge in [0.25, 0.3) is 0 Å². The Labute approximate surface area is 490 Å². The molecule has 0 N–H and O–H groups in total. The van der Waals surface area contributed by atoms with E-state index >= 15 is 0 Å². The smallest absolute Gasteiger partial charge is 0.235 e. The minimum Gasteiger partial charge on any atom is -0.455 e. The van der Waals surface area contributed by atoms with Crippen LogP contribution in [0.15, 0.2) is 277 Å². The lowest BCUT2D eigenvalue weighted by Gasteiger charge is -2.14. The van der Waals surface area contributed by atoms with Crippen molar-refractivity contribution in [2.75, 3.05) is 0 Å². The summed E-state index contributed by atoms with van der Waals surface area (Å²) < 4.78 is 13.9. The normalized spacial score (nSPS) is 12.2. The average molecular weight is 1100 g/mol. The quantitative estimate of drug-likeness (QED) is 0.166. The van der Waals surface area contributed by atoms with Crippen LogP contribution in [0.3, 0.4) is 0 Å². The van der Waals surface area contributed by atoms with Gasteiger partial charge in [0.2, 0.25) is 11.9 Å². The molecule has 19 aromatic rings. The molecule has 0 spiro atoms. The zero-order chi connectivity index (χ0) is 56.1. The third kappa shape index (κ3) is 6.57. The van der Waals surface area contributed by atoms with Gasteiger partial charge in [0.15, 0.2) is 0 Å². The van der Waals surface area contributed by atoms with Crippen molar-refractivity contribution in [1.82, 2.24) is 33.6 Å². The number of fused-ring (bicyclic) bond motifs is 22. The minimum absolute atomic E-state index is 0.608. The predicted octanol–water partition coefficient (Wildman–Crippen LogP) is 20.1. The van der Waals surface area contributed by atoms with Crippen molar-refractivity contribution in [3.05, 3.63) is 273 Å². The lowest BCUT2D eigenvalue weighted by molar-refractivity contribution is 0.673. The van der Waals surface area contributed by atoms with E-state index in [0.29, 0.717) is 11.9 Å². The first-order valence-electron chi connectivity index (χ1n) is 29.1. The third-order valence-corrected chi connectivity index (χ3v) is 17.8. The molecular formula is C78H45N7O. The van der Waals surface area contributed by atoms with Gasteiger partial charge < -0.3 is 8.98 Å². The highest BCUT2D eigenvalue weighted by molar-refractivity contribution is 6.38. The van der Waals surface area contributed by atoms with E-state index in [-0.39, 0.29) is 0 Å². The maximum absolute atomic E-state index is 6.87. The zero-order valence-corrected chi connectivity index (χ0v) is 46.0. The highest BCUT2D eigenvalue weighted by Gasteiger charge is 2.28. The largest absolute Gasteiger partial charge is 0.455 e. The van der Waals surface area contributed by atoms with Crippen LogP contribution in [-0.2, 0) is 0 Å². The Hall–Kier alpha value is -11.7. The molecule has 398 valence electrons. The summed E-state index contributed by atoms with van der Waals surface area (Å²) in [5.74, 6) is 1.24. The van der Waals surface area contributed by atoms with Gasteiger partial charge in [0, 0.05) is 92.2 Å². The van der Waals surface area contributed by atoms with E-state index in [1.165, 1.54) is 16.2 Å². The molecule has 0 aliphatic heterocycles. The van der Waals surface area contributed by atoms with E-state index < -0.39 is 0 Å². The molecule has 0 saturated carbocycles. The van der Waals surface area contributed by atoms with Gasteiger partial charge in [-0.15, -0.1) is 0 Å². The summed E-state index contributed by atoms with van der Waals surface area (Å²) >= 11 is 0. The Bertz CT molecular complexity index is 6070. The van der Waals surface area contributed by atoms with Crippen LogP contribution in [0.5, 0.6) is 0 Å². The monoisotopic (exact) mass is 1100 g/mol. The second kappa shape index (κ2) is 17.9. The zero-order valence-electron chi connectivity index (χ0n) is 46.0. The molecule has 0 radical (unpaired) electrons. The van der Waals surface area contributed by atoms with Gasteiger partial charge in [-0.1, -0.05) is 218 Å². The minimum atomic E-state index is 0.608. The Morgan fingerprint density at radius 3 is 1.23 bits per heavy atom. The van der Waals surface area contributed by atoms with Crippen molar-refractivity contribution in [2.45, 2.75) is 0 Å². The van der Waals surface area contributed by atoms with Crippen molar-refractivity contribution in [3.8, 4) is 51.2 Å². The molecule has 0 saturated heterocycles. The second-order valence-electron chi connectivity index (χ2n) is 22.4. The van der Waals surface area contributed by atoms with Crippen molar-refractivity contribution in [3.63, 3.8) is 0 Å². The van der Waals surface area contributed by atoms with Crippen molar-refractivity contribution in [2.24, 2.45) is 0 Å². The molecule has 6 heterocycles. The van der Waals surface area contributed by atoms with Crippen molar-refractivity contribution in [1.29, 1.82) is 0 Å². The molecular weight excluding hydrogens is 1050 g/mol. The molecule has 86 heavy (non-hydrogen) atoms. The van der Waals surface area contributed by atoms with E-state index in [2.05, 4.69) is 275 Å². The van der Waals surface area contributed by atoms with Gasteiger partial charge in [-0.2, -0.15) is 0 Å². The summed E-state index contributed by atoms with van der Waals surface area (Å²) in [6.45, 7) is 0. The fourth-order valence-electron chi connectivity index (χ4n) is 14.2. The first kappa shape index (κ1) is 46.8. The second-order valence-corrected chi connectivity index (χ2v) is 22.4. The molecule has 0 unspecified atom stereocenters. The fraction of sp³-hybridized carbons (Fsp3) is 0. The van der Waals surface area contributed by atoms with Crippen LogP contribution in [0.25, 0.3) is 182 Å². The van der Waals surface area contributed by atoms with E-state index in [1.807, 2.05) is 12.1 Å². The van der Waals surface area contributed by atoms with Gasteiger partial charge >= 0.3 is 0 Å². The maximum Gasteiger partial charge on any atom is 0.235 e. The van der Waals surface area contributed by atoms with Crippen LogP contribution in [0.4, 0.5) is 0 Å². The lowest BCUT2D eigenvalue weighted by Crippen LogP contribution is -2.04. The SMILES string of the molecule is c1ccc(-c2nc(-n3c4ccc(-c5ccc(-n6c7ccccc7c7c8c9ccccc9n(-c9nc(-c%10ccccc%10)c%10ccccc%10n9)c8c8ccccc8c76)cc5)cc4c4c5c6ccccc6oc5c5ccccc5c43)nc3ccccc23)cc1. The Kier molecular flexibility index (Phi) is 9.74. The van der Waals surface area contributed by atoms with Crippen LogP contribution in [0.1, 0.15) is 0 Å². The van der Waals surface area contributed by atoms with Gasteiger partial charge in [0.05, 0.1) is 55.5 Å². The molecule has 0 aliphatic rings. The number of furan rings is 1. The Balaban J connectivity index is 0.841. The number of rotatable bonds is 6. The van der Waals surface area contributed by atoms with E-state index in [4.69, 9.17) is 24.4 Å². The molecule has 0 atom stereocenters. The molecule has 0 bridgehead atoms. The summed E-state index contributed by atoms with van der Waals surface area (Å²) in [5.41, 5.74) is 17.1. The molecule has 0 amide bonds. The molecule has 6 aromatic heterocycles. The lowest BCUT2D eigenvalue weighted by atomic mass is 9.97. The Morgan fingerprint density at radius 1 is 0.256 bits per heavy atom. The number of hydrogen-bond donors (Lipinski definition) is 0. The number of benzene rings is 13. The van der Waals surface area contributed by atoms with Crippen LogP contribution < -0.4 is 0 Å². The third-order valence-electron chi connectivity index (χ3n) is 17.8. The van der Waals surface area contributed by atoms with Crippen LogP contribution in [-0.4, -0.2) is 33.6 Å². The van der Waals surface area contributed by atoms with Crippen LogP contribution >= 0.6 is 0 Å².